The van der Waals surface area contributed by atoms with E-state index in [1.165, 1.54) is 30.3 Å². The molecule has 0 aliphatic rings. The zero-order chi connectivity index (χ0) is 15.4. The summed E-state index contributed by atoms with van der Waals surface area (Å²) in [6.07, 6.45) is 0. The Morgan fingerprint density at radius 1 is 1.24 bits per heavy atom. The highest BCUT2D eigenvalue weighted by Gasteiger charge is 2.10. The van der Waals surface area contributed by atoms with Crippen molar-refractivity contribution in [3.63, 3.8) is 0 Å². The Morgan fingerprint density at radius 2 is 2.00 bits per heavy atom. The van der Waals surface area contributed by atoms with Gasteiger partial charge in [-0.05, 0) is 46.3 Å². The fourth-order valence-corrected chi connectivity index (χ4v) is 2.05. The minimum absolute atomic E-state index is 0.0594. The lowest BCUT2D eigenvalue weighted by molar-refractivity contribution is 0.304. The molecule has 21 heavy (non-hydrogen) atoms. The molecule has 0 fully saturated rings. The van der Waals surface area contributed by atoms with E-state index in [4.69, 9.17) is 15.7 Å². The maximum absolute atomic E-state index is 13.2. The third-order valence-corrected chi connectivity index (χ3v) is 3.35. The predicted octanol–water partition coefficient (Wildman–Crippen LogP) is 3.40. The number of nitrogens with two attached hydrogens (primary N) is 1. The first kappa shape index (κ1) is 15.2. The van der Waals surface area contributed by atoms with Gasteiger partial charge in [0.15, 0.2) is 5.84 Å². The second-order valence-electron chi connectivity index (χ2n) is 4.15. The fraction of sp³-hybridized carbons (Fsp3) is 0.0714. The van der Waals surface area contributed by atoms with E-state index in [0.29, 0.717) is 11.3 Å². The van der Waals surface area contributed by atoms with E-state index in [9.17, 15) is 8.78 Å². The summed E-state index contributed by atoms with van der Waals surface area (Å²) >= 11 is 3.05. The van der Waals surface area contributed by atoms with Gasteiger partial charge in [0, 0.05) is 11.1 Å². The van der Waals surface area contributed by atoms with E-state index in [2.05, 4.69) is 21.1 Å². The number of rotatable bonds is 4. The van der Waals surface area contributed by atoms with Gasteiger partial charge in [0.2, 0.25) is 0 Å². The maximum Gasteiger partial charge on any atom is 0.170 e. The Hall–Kier alpha value is -2.15. The van der Waals surface area contributed by atoms with Crippen LogP contribution in [0.5, 0.6) is 5.75 Å². The van der Waals surface area contributed by atoms with Crippen LogP contribution >= 0.6 is 15.9 Å². The van der Waals surface area contributed by atoms with Gasteiger partial charge in [-0.2, -0.15) is 0 Å². The first-order chi connectivity index (χ1) is 10.0. The minimum Gasteiger partial charge on any atom is -0.489 e. The van der Waals surface area contributed by atoms with Crippen LogP contribution in [0.1, 0.15) is 11.1 Å². The van der Waals surface area contributed by atoms with Crippen LogP contribution in [0.15, 0.2) is 46.0 Å². The maximum atomic E-state index is 13.2. The number of hydrogen-bond acceptors (Lipinski definition) is 3. The fourth-order valence-electron chi connectivity index (χ4n) is 1.69. The van der Waals surface area contributed by atoms with Crippen LogP contribution in [0.2, 0.25) is 0 Å². The Kier molecular flexibility index (Phi) is 4.74. The number of hydrogen-bond donors (Lipinski definition) is 2. The summed E-state index contributed by atoms with van der Waals surface area (Å²) < 4.78 is 32.1. The summed E-state index contributed by atoms with van der Waals surface area (Å²) in [5.74, 6) is -0.696. The van der Waals surface area contributed by atoms with Crippen molar-refractivity contribution in [3.05, 3.63) is 63.6 Å². The molecule has 0 bridgehead atoms. The number of oxime groups is 1. The molecule has 0 saturated carbocycles. The van der Waals surface area contributed by atoms with Crippen LogP contribution in [-0.2, 0) is 6.61 Å². The molecule has 4 nitrogen and oxygen atoms in total. The zero-order valence-corrected chi connectivity index (χ0v) is 12.3. The molecule has 2 rings (SSSR count). The first-order valence-electron chi connectivity index (χ1n) is 5.85. The van der Waals surface area contributed by atoms with Crippen molar-refractivity contribution in [2.24, 2.45) is 10.9 Å². The van der Waals surface area contributed by atoms with Gasteiger partial charge in [-0.3, -0.25) is 0 Å². The summed E-state index contributed by atoms with van der Waals surface area (Å²) in [5, 5.41) is 11.6. The van der Waals surface area contributed by atoms with Gasteiger partial charge in [0.05, 0.1) is 4.47 Å². The number of benzene rings is 2. The van der Waals surface area contributed by atoms with E-state index < -0.39 is 11.6 Å². The van der Waals surface area contributed by atoms with Crippen LogP contribution in [-0.4, -0.2) is 11.0 Å². The number of halogens is 3. The average Bonchev–Trinajstić information content (AvgIpc) is 2.48. The number of ether oxygens (including phenoxy) is 1. The standard InChI is InChI=1S/C14H11BrF2N2O2/c15-12-6-10(3-4-13(12)17)21-7-8-1-2-9(16)5-11(8)14(18)19-20/h1-6,20H,7H2,(H2,18,19). The van der Waals surface area contributed by atoms with Gasteiger partial charge in [0.1, 0.15) is 24.0 Å². The lowest BCUT2D eigenvalue weighted by Crippen LogP contribution is -2.16. The highest BCUT2D eigenvalue weighted by molar-refractivity contribution is 9.10. The lowest BCUT2D eigenvalue weighted by Gasteiger charge is -2.11. The molecule has 0 unspecified atom stereocenters. The molecule has 7 heteroatoms. The van der Waals surface area contributed by atoms with Crippen molar-refractivity contribution in [2.75, 3.05) is 0 Å². The molecule has 3 N–H and O–H groups in total. The van der Waals surface area contributed by atoms with Crippen molar-refractivity contribution in [2.45, 2.75) is 6.61 Å². The Morgan fingerprint density at radius 3 is 2.67 bits per heavy atom. The topological polar surface area (TPSA) is 67.8 Å². The molecule has 0 saturated heterocycles. The van der Waals surface area contributed by atoms with Crippen LogP contribution in [0.25, 0.3) is 0 Å². The largest absolute Gasteiger partial charge is 0.489 e. The lowest BCUT2D eigenvalue weighted by atomic mass is 10.1. The van der Waals surface area contributed by atoms with Crippen molar-refractivity contribution < 1.29 is 18.7 Å². The highest BCUT2D eigenvalue weighted by Crippen LogP contribution is 2.23. The Bertz CT molecular complexity index is 693. The monoisotopic (exact) mass is 356 g/mol. The van der Waals surface area contributed by atoms with Crippen LogP contribution in [0, 0.1) is 11.6 Å². The quantitative estimate of drug-likeness (QED) is 0.381. The molecular weight excluding hydrogens is 346 g/mol. The molecular formula is C14H11BrF2N2O2. The summed E-state index contributed by atoms with van der Waals surface area (Å²) in [4.78, 5) is 0. The molecule has 0 heterocycles. The average molecular weight is 357 g/mol. The van der Waals surface area contributed by atoms with Gasteiger partial charge in [-0.25, -0.2) is 8.78 Å². The Labute approximate surface area is 128 Å². The van der Waals surface area contributed by atoms with Gasteiger partial charge in [0.25, 0.3) is 0 Å². The number of amidine groups is 1. The van der Waals surface area contributed by atoms with Gasteiger partial charge in [-0.1, -0.05) is 11.2 Å². The zero-order valence-electron chi connectivity index (χ0n) is 10.7. The molecule has 2 aromatic rings. The van der Waals surface area contributed by atoms with Crippen LogP contribution in [0.3, 0.4) is 0 Å². The number of nitrogens with zero attached hydrogens (tertiary/aromatic N) is 1. The second-order valence-corrected chi connectivity index (χ2v) is 5.01. The van der Waals surface area contributed by atoms with E-state index in [-0.39, 0.29) is 22.5 Å². The molecule has 0 atom stereocenters. The van der Waals surface area contributed by atoms with Gasteiger partial charge >= 0.3 is 0 Å². The third-order valence-electron chi connectivity index (χ3n) is 2.74. The molecule has 0 aromatic heterocycles. The normalized spacial score (nSPS) is 11.5. The van der Waals surface area contributed by atoms with E-state index in [0.717, 1.165) is 6.07 Å². The summed E-state index contributed by atoms with van der Waals surface area (Å²) in [7, 11) is 0. The molecule has 0 aliphatic heterocycles. The van der Waals surface area contributed by atoms with Crippen molar-refractivity contribution in [3.8, 4) is 5.75 Å². The molecule has 0 radical (unpaired) electrons. The molecule has 110 valence electrons. The molecule has 2 aromatic carbocycles. The van der Waals surface area contributed by atoms with Gasteiger partial charge in [-0.15, -0.1) is 0 Å². The van der Waals surface area contributed by atoms with Crippen molar-refractivity contribution in [1.82, 2.24) is 0 Å². The van der Waals surface area contributed by atoms with Crippen LogP contribution in [0.4, 0.5) is 8.78 Å². The second kappa shape index (κ2) is 6.53. The smallest absolute Gasteiger partial charge is 0.170 e. The third kappa shape index (κ3) is 3.69. The molecule has 0 aliphatic carbocycles. The summed E-state index contributed by atoms with van der Waals surface area (Å²) in [5.41, 5.74) is 6.27. The highest BCUT2D eigenvalue weighted by atomic mass is 79.9. The Balaban J connectivity index is 2.21. The van der Waals surface area contributed by atoms with Gasteiger partial charge < -0.3 is 15.7 Å². The summed E-state index contributed by atoms with van der Waals surface area (Å²) in [6, 6.07) is 8.06. The van der Waals surface area contributed by atoms with Crippen molar-refractivity contribution >= 4 is 21.8 Å². The SMILES string of the molecule is N/C(=N/O)c1cc(F)ccc1COc1ccc(F)c(Br)c1. The predicted molar refractivity (Wildman–Crippen MR) is 77.3 cm³/mol. The minimum atomic E-state index is -0.509. The van der Waals surface area contributed by atoms with E-state index in [1.54, 1.807) is 0 Å². The van der Waals surface area contributed by atoms with Crippen LogP contribution < -0.4 is 10.5 Å². The van der Waals surface area contributed by atoms with E-state index >= 15 is 0 Å². The molecule has 0 amide bonds. The molecule has 0 spiro atoms. The summed E-state index contributed by atoms with van der Waals surface area (Å²) in [6.45, 7) is 0.0594. The van der Waals surface area contributed by atoms with E-state index in [1.807, 2.05) is 0 Å². The van der Waals surface area contributed by atoms with Crippen molar-refractivity contribution in [1.29, 1.82) is 0 Å². The first-order valence-corrected chi connectivity index (χ1v) is 6.64.